The Morgan fingerprint density at radius 1 is 1.05 bits per heavy atom. The second-order valence-corrected chi connectivity index (χ2v) is 12.3. The molecule has 0 saturated carbocycles. The Labute approximate surface area is 263 Å². The summed E-state index contributed by atoms with van der Waals surface area (Å²) in [5, 5.41) is 5.67. The van der Waals surface area contributed by atoms with Crippen LogP contribution < -0.4 is 10.6 Å². The molecular formula is C34H66FN5O3. The summed E-state index contributed by atoms with van der Waals surface area (Å²) < 4.78 is 11.1. The van der Waals surface area contributed by atoms with Gasteiger partial charge < -0.3 is 20.4 Å². The summed E-state index contributed by atoms with van der Waals surface area (Å²) >= 11 is 0. The SMILES string of the molecule is C/C(=C\CN(C)C(=O)C(NC(=O)C1CCCCN1C(C)C)C(C)(C)C)C(=O)N1CCCC1.C=CNCCF.CC.CCC. The summed E-state index contributed by atoms with van der Waals surface area (Å²) in [5.41, 5.74) is 0.236. The van der Waals surface area contributed by atoms with Crippen molar-refractivity contribution >= 4 is 17.7 Å². The number of nitrogens with one attached hydrogen (secondary N) is 2. The first-order valence-electron chi connectivity index (χ1n) is 16.4. The van der Waals surface area contributed by atoms with Gasteiger partial charge in [0.05, 0.1) is 6.04 Å². The zero-order valence-electron chi connectivity index (χ0n) is 29.5. The van der Waals surface area contributed by atoms with Crippen molar-refractivity contribution in [3.05, 3.63) is 24.4 Å². The number of alkyl halides is 1. The Kier molecular flexibility index (Phi) is 23.8. The molecule has 0 aliphatic carbocycles. The van der Waals surface area contributed by atoms with Gasteiger partial charge in [-0.05, 0) is 64.6 Å². The molecular weight excluding hydrogens is 545 g/mol. The highest BCUT2D eigenvalue weighted by Crippen LogP contribution is 2.24. The van der Waals surface area contributed by atoms with Gasteiger partial charge in [0.2, 0.25) is 17.7 Å². The van der Waals surface area contributed by atoms with Crippen LogP contribution in [0, 0.1) is 5.41 Å². The number of amides is 3. The van der Waals surface area contributed by atoms with Crippen LogP contribution in [0.2, 0.25) is 0 Å². The van der Waals surface area contributed by atoms with Gasteiger partial charge in [-0.3, -0.25) is 19.3 Å². The standard InChI is InChI=1S/C25H44N4O3.C4H8FN.C3H8.C2H6/c1-18(2)29-16-9-8-12-20(29)22(30)26-21(25(4,5)6)24(32)27(7)17-13-19(3)23(31)28-14-10-11-15-28;1-2-6-4-3-5;1-3-2;1-2/h13,18,20-21H,8-12,14-17H2,1-7H3,(H,26,30);2,6H,1,3-4H2;3H2,1-2H3;1-2H3/b19-13+;;;. The fraction of sp³-hybridized carbons (Fsp3) is 0.794. The van der Waals surface area contributed by atoms with E-state index in [0.29, 0.717) is 24.7 Å². The molecule has 3 amide bonds. The van der Waals surface area contributed by atoms with E-state index in [4.69, 9.17) is 0 Å². The second-order valence-electron chi connectivity index (χ2n) is 12.3. The normalized spacial score (nSPS) is 17.7. The van der Waals surface area contributed by atoms with E-state index < -0.39 is 11.5 Å². The lowest BCUT2D eigenvalue weighted by molar-refractivity contribution is -0.140. The van der Waals surface area contributed by atoms with Gasteiger partial charge in [0.15, 0.2) is 0 Å². The van der Waals surface area contributed by atoms with Crippen molar-refractivity contribution in [2.24, 2.45) is 5.41 Å². The minimum Gasteiger partial charge on any atom is -0.389 e. The van der Waals surface area contributed by atoms with E-state index in [9.17, 15) is 18.8 Å². The largest absolute Gasteiger partial charge is 0.389 e. The Hall–Kier alpha value is -2.42. The average molecular weight is 612 g/mol. The molecule has 43 heavy (non-hydrogen) atoms. The van der Waals surface area contributed by atoms with Crippen molar-refractivity contribution in [3.63, 3.8) is 0 Å². The highest BCUT2D eigenvalue weighted by Gasteiger charge is 2.38. The number of likely N-dealkylation sites (tertiary alicyclic amines) is 2. The number of hydrogen-bond acceptors (Lipinski definition) is 5. The van der Waals surface area contributed by atoms with E-state index in [-0.39, 0.29) is 30.4 Å². The smallest absolute Gasteiger partial charge is 0.249 e. The number of likely N-dealkylation sites (N-methyl/N-ethyl adjacent to an activating group) is 1. The van der Waals surface area contributed by atoms with Gasteiger partial charge >= 0.3 is 0 Å². The first kappa shape index (κ1) is 42.7. The first-order chi connectivity index (χ1) is 20.3. The van der Waals surface area contributed by atoms with Crippen molar-refractivity contribution in [3.8, 4) is 0 Å². The number of piperidine rings is 1. The number of hydrogen-bond donors (Lipinski definition) is 2. The molecule has 252 valence electrons. The molecule has 0 aromatic heterocycles. The molecule has 0 aromatic rings. The van der Waals surface area contributed by atoms with Gasteiger partial charge in [0.25, 0.3) is 0 Å². The van der Waals surface area contributed by atoms with Crippen LogP contribution in [0.15, 0.2) is 24.4 Å². The summed E-state index contributed by atoms with van der Waals surface area (Å²) in [5.74, 6) is -0.137. The molecule has 0 bridgehead atoms. The van der Waals surface area contributed by atoms with Gasteiger partial charge in [-0.15, -0.1) is 0 Å². The summed E-state index contributed by atoms with van der Waals surface area (Å²) in [6, 6.07) is -0.523. The Balaban J connectivity index is 0. The highest BCUT2D eigenvalue weighted by molar-refractivity contribution is 5.93. The number of carbonyl (C=O) groups is 3. The van der Waals surface area contributed by atoms with Crippen molar-refractivity contribution in [1.82, 2.24) is 25.3 Å². The van der Waals surface area contributed by atoms with E-state index in [0.717, 1.165) is 51.7 Å². The molecule has 2 aliphatic heterocycles. The lowest BCUT2D eigenvalue weighted by atomic mass is 9.85. The molecule has 0 aromatic carbocycles. The van der Waals surface area contributed by atoms with Crippen LogP contribution in [0.5, 0.6) is 0 Å². The van der Waals surface area contributed by atoms with E-state index >= 15 is 0 Å². The van der Waals surface area contributed by atoms with E-state index in [2.05, 4.69) is 49.8 Å². The molecule has 2 unspecified atom stereocenters. The third-order valence-corrected chi connectivity index (χ3v) is 7.07. The lowest BCUT2D eigenvalue weighted by Gasteiger charge is -2.40. The molecule has 2 fully saturated rings. The molecule has 2 saturated heterocycles. The maximum atomic E-state index is 13.3. The van der Waals surface area contributed by atoms with Crippen LogP contribution in [-0.4, -0.2) is 97.0 Å². The molecule has 2 aliphatic rings. The lowest BCUT2D eigenvalue weighted by Crippen LogP contribution is -2.59. The molecule has 2 rings (SSSR count). The minimum absolute atomic E-state index is 0.0510. The molecule has 2 atom stereocenters. The number of nitrogens with zero attached hydrogens (tertiary/aromatic N) is 3. The topological polar surface area (TPSA) is 85.0 Å². The first-order valence-corrected chi connectivity index (χ1v) is 16.4. The van der Waals surface area contributed by atoms with Crippen molar-refractivity contribution < 1.29 is 18.8 Å². The van der Waals surface area contributed by atoms with Crippen LogP contribution in [-0.2, 0) is 14.4 Å². The van der Waals surface area contributed by atoms with Gasteiger partial charge in [0.1, 0.15) is 12.7 Å². The molecule has 9 heteroatoms. The summed E-state index contributed by atoms with van der Waals surface area (Å²) in [7, 11) is 1.73. The monoisotopic (exact) mass is 612 g/mol. The van der Waals surface area contributed by atoms with Crippen LogP contribution >= 0.6 is 0 Å². The molecule has 2 N–H and O–H groups in total. The van der Waals surface area contributed by atoms with Crippen LogP contribution in [0.3, 0.4) is 0 Å². The third kappa shape index (κ3) is 16.9. The minimum atomic E-state index is -0.626. The van der Waals surface area contributed by atoms with Crippen molar-refractivity contribution in [1.29, 1.82) is 0 Å². The zero-order valence-corrected chi connectivity index (χ0v) is 29.5. The van der Waals surface area contributed by atoms with Crippen molar-refractivity contribution in [2.75, 3.05) is 46.4 Å². The number of carbonyl (C=O) groups excluding carboxylic acids is 3. The zero-order chi connectivity index (χ0) is 33.6. The molecule has 8 nitrogen and oxygen atoms in total. The van der Waals surface area contributed by atoms with E-state index in [1.54, 1.807) is 11.9 Å². The Morgan fingerprint density at radius 2 is 1.58 bits per heavy atom. The van der Waals surface area contributed by atoms with Gasteiger partial charge in [-0.25, -0.2) is 4.39 Å². The van der Waals surface area contributed by atoms with Crippen molar-refractivity contribution in [2.45, 2.75) is 126 Å². The quantitative estimate of drug-likeness (QED) is 0.236. The second kappa shape index (κ2) is 24.0. The maximum Gasteiger partial charge on any atom is 0.249 e. The third-order valence-electron chi connectivity index (χ3n) is 7.07. The fourth-order valence-corrected chi connectivity index (χ4v) is 4.74. The molecule has 2 heterocycles. The molecule has 0 spiro atoms. The van der Waals surface area contributed by atoms with Gasteiger partial charge in [-0.1, -0.05) is 74.0 Å². The predicted octanol–water partition coefficient (Wildman–Crippen LogP) is 5.94. The Bertz CT molecular complexity index is 819. The fourth-order valence-electron chi connectivity index (χ4n) is 4.74. The van der Waals surface area contributed by atoms with Gasteiger partial charge in [0, 0.05) is 44.8 Å². The Morgan fingerprint density at radius 3 is 2.02 bits per heavy atom. The van der Waals surface area contributed by atoms with Crippen LogP contribution in [0.1, 0.15) is 108 Å². The maximum absolute atomic E-state index is 13.3. The van der Waals surface area contributed by atoms with Crippen LogP contribution in [0.25, 0.3) is 0 Å². The van der Waals surface area contributed by atoms with Crippen LogP contribution in [0.4, 0.5) is 4.39 Å². The van der Waals surface area contributed by atoms with Gasteiger partial charge in [-0.2, -0.15) is 0 Å². The predicted molar refractivity (Wildman–Crippen MR) is 180 cm³/mol. The molecule has 0 radical (unpaired) electrons. The summed E-state index contributed by atoms with van der Waals surface area (Å²) in [4.78, 5) is 44.8. The van der Waals surface area contributed by atoms with E-state index in [1.165, 1.54) is 12.6 Å². The number of halogens is 1. The highest BCUT2D eigenvalue weighted by atomic mass is 19.1. The summed E-state index contributed by atoms with van der Waals surface area (Å²) in [6.07, 6.45) is 9.62. The average Bonchev–Trinajstić information content (AvgIpc) is 3.53. The number of rotatable bonds is 10. The van der Waals surface area contributed by atoms with E-state index in [1.807, 2.05) is 52.5 Å². The summed E-state index contributed by atoms with van der Waals surface area (Å²) in [6.45, 7) is 26.5.